The number of amides is 2. The molecule has 0 aliphatic rings. The minimum atomic E-state index is -1.04. The first-order valence-electron chi connectivity index (χ1n) is 6.80. The molecule has 0 spiro atoms. The van der Waals surface area contributed by atoms with E-state index in [-0.39, 0.29) is 12.8 Å². The van der Waals surface area contributed by atoms with Gasteiger partial charge in [-0.1, -0.05) is 0 Å². The van der Waals surface area contributed by atoms with Gasteiger partial charge in [-0.3, -0.25) is 9.59 Å². The number of Topliss-reactive ketones (excluding diaryl/α,β-unsaturated/α-hetero) is 1. The Morgan fingerprint density at radius 1 is 1.30 bits per heavy atom. The quantitative estimate of drug-likeness (QED) is 0.154. The van der Waals surface area contributed by atoms with Gasteiger partial charge in [0.15, 0.2) is 5.78 Å². The van der Waals surface area contributed by atoms with E-state index in [0.717, 1.165) is 0 Å². The Hall–Kier alpha value is -3.25. The first kappa shape index (κ1) is 22.0. The molecule has 23 heavy (non-hydrogen) atoms. The summed E-state index contributed by atoms with van der Waals surface area (Å²) in [5, 5.41) is 11.4. The summed E-state index contributed by atoms with van der Waals surface area (Å²) in [6.45, 7) is 6.46. The predicted molar refractivity (Wildman–Crippen MR) is 79.1 cm³/mol. The van der Waals surface area contributed by atoms with Gasteiger partial charge >= 0.3 is 5.97 Å². The molecule has 0 aliphatic heterocycles. The van der Waals surface area contributed by atoms with Gasteiger partial charge in [0.05, 0.1) is 12.3 Å². The summed E-state index contributed by atoms with van der Waals surface area (Å²) >= 11 is 0. The largest absolute Gasteiger partial charge is 0.520 e. The summed E-state index contributed by atoms with van der Waals surface area (Å²) in [5.41, 5.74) is -0.744. The van der Waals surface area contributed by atoms with Crippen LogP contribution >= 0.6 is 0 Å². The third-order valence-corrected chi connectivity index (χ3v) is 2.52. The third-order valence-electron chi connectivity index (χ3n) is 2.52. The molecule has 0 saturated carbocycles. The normalized spacial score (nSPS) is 12.9. The molecule has 0 aromatic carbocycles. The average Bonchev–Trinajstić information content (AvgIpc) is 2.40. The van der Waals surface area contributed by atoms with Crippen LogP contribution in [0.3, 0.4) is 0 Å². The summed E-state index contributed by atoms with van der Waals surface area (Å²) in [7, 11) is 0. The van der Waals surface area contributed by atoms with Crippen molar-refractivity contribution < 1.29 is 23.9 Å². The van der Waals surface area contributed by atoms with E-state index >= 15 is 0 Å². The molecule has 0 aliphatic carbocycles. The number of esters is 1. The van der Waals surface area contributed by atoms with Gasteiger partial charge in [0.2, 0.25) is 5.91 Å². The maximum atomic E-state index is 12.1. The van der Waals surface area contributed by atoms with E-state index in [9.17, 15) is 19.2 Å². The fraction of sp³-hybridized carbons (Fsp3) is 0.643. The van der Waals surface area contributed by atoms with Crippen LogP contribution in [0.1, 0.15) is 40.5 Å². The SMILES string of the molecule is C[C@H](N[C-]=O)C(=O)NC(CCC(=O)C=N)C(=O)OC(C)(C)C.[Fm]. The molecule has 0 fully saturated rings. The second-order valence-corrected chi connectivity index (χ2v) is 5.71. The van der Waals surface area contributed by atoms with Crippen molar-refractivity contribution in [3.05, 3.63) is 0 Å². The summed E-state index contributed by atoms with van der Waals surface area (Å²) in [5.74, 6) is -1.74. The number of carbonyl (C=O) groups excluding carboxylic acids is 4. The van der Waals surface area contributed by atoms with Crippen molar-refractivity contribution >= 4 is 30.3 Å². The fourth-order valence-electron chi connectivity index (χ4n) is 1.43. The monoisotopic (exact) mass is 569 g/mol. The van der Waals surface area contributed by atoms with E-state index in [1.165, 1.54) is 13.3 Å². The summed E-state index contributed by atoms with van der Waals surface area (Å²) < 4.78 is 5.19. The number of nitrogens with one attached hydrogen (secondary N) is 3. The molecule has 0 bridgehead atoms. The first-order valence-corrected chi connectivity index (χ1v) is 6.80. The van der Waals surface area contributed by atoms with E-state index in [1.807, 2.05) is 0 Å². The van der Waals surface area contributed by atoms with Crippen molar-refractivity contribution in [2.75, 3.05) is 0 Å². The fourth-order valence-corrected chi connectivity index (χ4v) is 1.43. The molecule has 0 heterocycles. The maximum absolute atomic E-state index is 12.1. The van der Waals surface area contributed by atoms with Crippen LogP contribution in [0.4, 0.5) is 0 Å². The molecule has 3 N–H and O–H groups in total. The molecule has 8 nitrogen and oxygen atoms in total. The minimum absolute atomic E-state index is 0. The maximum Gasteiger partial charge on any atom is 0.329 e. The summed E-state index contributed by atoms with van der Waals surface area (Å²) in [6.07, 6.45) is 1.97. The van der Waals surface area contributed by atoms with Crippen molar-refractivity contribution in [3.8, 4) is 0 Å². The van der Waals surface area contributed by atoms with Crippen LogP contribution in [0.15, 0.2) is 0 Å². The van der Waals surface area contributed by atoms with Crippen molar-refractivity contribution in [1.29, 1.82) is 5.41 Å². The molecule has 0 radical (unpaired) electrons. The second-order valence-electron chi connectivity index (χ2n) is 5.71. The Morgan fingerprint density at radius 2 is 1.87 bits per heavy atom. The van der Waals surface area contributed by atoms with E-state index < -0.39 is 35.3 Å². The molecule has 136 valence electrons. The molecule has 0 aromatic rings. The van der Waals surface area contributed by atoms with Crippen molar-refractivity contribution in [3.63, 3.8) is 0 Å². The number of hydrogen-bond donors (Lipinski definition) is 3. The van der Waals surface area contributed by atoms with Crippen LogP contribution in [-0.2, 0) is 23.9 Å². The van der Waals surface area contributed by atoms with Gasteiger partial charge in [0.1, 0.15) is 11.6 Å². The number of ketones is 1. The molecule has 2 amide bonds. The first-order chi connectivity index (χ1) is 10.1. The third kappa shape index (κ3) is 9.33. The zero-order chi connectivity index (χ0) is 17.3. The molecule has 9 heteroatoms. The van der Waals surface area contributed by atoms with Crippen molar-refractivity contribution in [1.82, 2.24) is 10.6 Å². The Kier molecular flexibility index (Phi) is 9.24. The second kappa shape index (κ2) is 9.64. The summed E-state index contributed by atoms with van der Waals surface area (Å²) in [6, 6.07) is -1.91. The zero-order valence-corrected chi connectivity index (χ0v) is 15.9. The molecule has 0 aromatic heterocycles. The topological polar surface area (TPSA) is 125 Å². The Morgan fingerprint density at radius 3 is 2.30 bits per heavy atom. The Bertz CT molecular complexity index is 448. The molecular formula is C14H22FmN3O5-. The van der Waals surface area contributed by atoms with Crippen molar-refractivity contribution in [2.24, 2.45) is 0 Å². The van der Waals surface area contributed by atoms with E-state index in [0.29, 0.717) is 6.21 Å². The van der Waals surface area contributed by atoms with Crippen molar-refractivity contribution in [2.45, 2.75) is 58.2 Å². The van der Waals surface area contributed by atoms with Crippen LogP contribution in [0, 0.1) is 5.41 Å². The van der Waals surface area contributed by atoms with Gasteiger partial charge in [0.25, 0.3) is 0 Å². The summed E-state index contributed by atoms with van der Waals surface area (Å²) in [4.78, 5) is 45.3. The number of ether oxygens (including phenoxy) is 1. The minimum Gasteiger partial charge on any atom is -0.520 e. The van der Waals surface area contributed by atoms with Gasteiger partial charge in [-0.2, -0.15) is 6.41 Å². The molecular weight excluding hydrogens is 547 g/mol. The van der Waals surface area contributed by atoms with Gasteiger partial charge in [-0.15, -0.1) is 0 Å². The van der Waals surface area contributed by atoms with Crippen LogP contribution in [-0.4, -0.2) is 48.0 Å². The van der Waals surface area contributed by atoms with E-state index in [1.54, 1.807) is 20.8 Å². The van der Waals surface area contributed by atoms with Gasteiger partial charge in [0, 0.05) is 6.42 Å². The molecule has 0 saturated heterocycles. The standard InChI is InChI=1S/C14H22N3O5.Fm/c1-9(16-8-18)12(20)17-11(6-5-10(19)7-15)13(21)22-14(2,3)4;/h7,9,11,15H,5-6H2,1-4H3,(H,16,18)(H,17,20);/q-1;/t9-,11?;/m0./s1. The molecule has 1 unspecified atom stereocenters. The Labute approximate surface area is 129 Å². The number of carbonyl (C=O) groups is 3. The molecule has 0 rings (SSSR count). The van der Waals surface area contributed by atoms with Crippen LogP contribution in [0.5, 0.6) is 0 Å². The van der Waals surface area contributed by atoms with Crippen LogP contribution in [0.2, 0.25) is 0 Å². The van der Waals surface area contributed by atoms with Crippen LogP contribution < -0.4 is 10.6 Å². The van der Waals surface area contributed by atoms with E-state index in [2.05, 4.69) is 10.6 Å². The molecule has 2 atom stereocenters. The average molecular weight is 569 g/mol. The van der Waals surface area contributed by atoms with Gasteiger partial charge in [-0.05, 0) is 34.1 Å². The number of rotatable bonds is 9. The Balaban J connectivity index is 0. The van der Waals surface area contributed by atoms with E-state index in [4.69, 9.17) is 10.1 Å². The predicted octanol–water partition coefficient (Wildman–Crippen LogP) is -0.143. The number of hydrogen-bond acceptors (Lipinski definition) is 6. The zero-order valence-electron chi connectivity index (χ0n) is 13.5. The van der Waals surface area contributed by atoms with Gasteiger partial charge < -0.3 is 25.6 Å². The van der Waals surface area contributed by atoms with Crippen LogP contribution in [0.25, 0.3) is 0 Å². The smallest absolute Gasteiger partial charge is 0.329 e. The van der Waals surface area contributed by atoms with Gasteiger partial charge in [-0.25, -0.2) is 4.79 Å².